The number of benzene rings is 4. The molecule has 0 atom stereocenters. The Morgan fingerprint density at radius 1 is 0.778 bits per heavy atom. The zero-order chi connectivity index (χ0) is 25.3. The van der Waals surface area contributed by atoms with E-state index in [0.717, 1.165) is 17.2 Å². The molecule has 5 rings (SSSR count). The average Bonchev–Trinajstić information content (AvgIpc) is 3.22. The molecular formula is C28H19Cl2F3N2O. The molecule has 0 unspecified atom stereocenters. The van der Waals surface area contributed by atoms with E-state index >= 15 is 0 Å². The number of hydrogen-bond acceptors (Lipinski definition) is 2. The smallest absolute Gasteiger partial charge is 0.418 e. The van der Waals surface area contributed by atoms with Crippen molar-refractivity contribution in [1.29, 1.82) is 0 Å². The van der Waals surface area contributed by atoms with Gasteiger partial charge in [0.25, 0.3) is 0 Å². The maximum atomic E-state index is 13.7. The molecule has 4 aromatic carbocycles. The Kier molecular flexibility index (Phi) is 6.65. The van der Waals surface area contributed by atoms with Crippen LogP contribution in [-0.2, 0) is 19.3 Å². The van der Waals surface area contributed by atoms with Crippen molar-refractivity contribution >= 4 is 34.1 Å². The topological polar surface area (TPSA) is 27.1 Å². The predicted octanol–water partition coefficient (Wildman–Crippen LogP) is 8.66. The van der Waals surface area contributed by atoms with Gasteiger partial charge in [-0.3, -0.25) is 4.68 Å². The second-order valence-corrected chi connectivity index (χ2v) is 9.02. The summed E-state index contributed by atoms with van der Waals surface area (Å²) in [5.41, 5.74) is 2.08. The highest BCUT2D eigenvalue weighted by molar-refractivity contribution is 6.35. The third kappa shape index (κ3) is 4.92. The second-order valence-electron chi connectivity index (χ2n) is 8.20. The van der Waals surface area contributed by atoms with E-state index < -0.39 is 11.7 Å². The summed E-state index contributed by atoms with van der Waals surface area (Å²) >= 11 is 12.4. The van der Waals surface area contributed by atoms with Gasteiger partial charge in [-0.2, -0.15) is 18.3 Å². The van der Waals surface area contributed by atoms with E-state index in [1.807, 2.05) is 42.5 Å². The molecule has 36 heavy (non-hydrogen) atoms. The van der Waals surface area contributed by atoms with Crippen molar-refractivity contribution in [3.63, 3.8) is 0 Å². The molecule has 0 aliphatic heterocycles. The van der Waals surface area contributed by atoms with E-state index in [1.54, 1.807) is 41.1 Å². The minimum absolute atomic E-state index is 0.0791. The molecule has 1 heterocycles. The maximum Gasteiger partial charge on any atom is 0.418 e. The van der Waals surface area contributed by atoms with Crippen LogP contribution in [0.2, 0.25) is 10.0 Å². The SMILES string of the molecule is FC(F)(F)c1cccc2c(-c3ccc(OCc4c(Cl)cccc4Cl)cc3)n(Cc3ccccc3)nc12. The minimum Gasteiger partial charge on any atom is -0.489 e. The van der Waals surface area contributed by atoms with Gasteiger partial charge in [-0.15, -0.1) is 0 Å². The van der Waals surface area contributed by atoms with Crippen LogP contribution in [0.15, 0.2) is 91.0 Å². The Morgan fingerprint density at radius 3 is 2.11 bits per heavy atom. The molecule has 0 saturated heterocycles. The molecule has 0 radical (unpaired) electrons. The van der Waals surface area contributed by atoms with Gasteiger partial charge in [0.15, 0.2) is 0 Å². The van der Waals surface area contributed by atoms with Crippen LogP contribution < -0.4 is 4.74 Å². The standard InChI is InChI=1S/C28H19Cl2F3N2O/c29-24-10-5-11-25(30)22(24)17-36-20-14-12-19(13-15-20)27-21-8-4-9-23(28(31,32)33)26(21)34-35(27)16-18-6-2-1-3-7-18/h1-15H,16-17H2. The van der Waals surface area contributed by atoms with Gasteiger partial charge in [-0.05, 0) is 48.0 Å². The zero-order valence-electron chi connectivity index (χ0n) is 18.8. The lowest BCUT2D eigenvalue weighted by Gasteiger charge is -2.11. The molecule has 0 aliphatic rings. The molecule has 0 saturated carbocycles. The van der Waals surface area contributed by atoms with Crippen molar-refractivity contribution in [3.05, 3.63) is 118 Å². The first-order valence-electron chi connectivity index (χ1n) is 11.1. The van der Waals surface area contributed by atoms with Crippen LogP contribution in [0.1, 0.15) is 16.7 Å². The Morgan fingerprint density at radius 2 is 1.44 bits per heavy atom. The third-order valence-electron chi connectivity index (χ3n) is 5.82. The van der Waals surface area contributed by atoms with Crippen LogP contribution in [-0.4, -0.2) is 9.78 Å². The molecule has 0 aliphatic carbocycles. The van der Waals surface area contributed by atoms with Gasteiger partial charge in [-0.1, -0.05) is 71.7 Å². The first-order chi connectivity index (χ1) is 17.3. The summed E-state index contributed by atoms with van der Waals surface area (Å²) in [6.07, 6.45) is -4.51. The summed E-state index contributed by atoms with van der Waals surface area (Å²) in [6, 6.07) is 26.0. The van der Waals surface area contributed by atoms with E-state index in [4.69, 9.17) is 27.9 Å². The van der Waals surface area contributed by atoms with Gasteiger partial charge < -0.3 is 4.74 Å². The van der Waals surface area contributed by atoms with Crippen LogP contribution in [0.25, 0.3) is 22.2 Å². The lowest BCUT2D eigenvalue weighted by atomic mass is 10.0. The number of alkyl halides is 3. The summed E-state index contributed by atoms with van der Waals surface area (Å²) in [4.78, 5) is 0. The lowest BCUT2D eigenvalue weighted by Crippen LogP contribution is -2.06. The number of fused-ring (bicyclic) bond motifs is 1. The number of hydrogen-bond donors (Lipinski definition) is 0. The molecule has 0 spiro atoms. The number of nitrogens with zero attached hydrogens (tertiary/aromatic N) is 2. The predicted molar refractivity (Wildman–Crippen MR) is 137 cm³/mol. The van der Waals surface area contributed by atoms with E-state index in [0.29, 0.717) is 39.0 Å². The van der Waals surface area contributed by atoms with Crippen LogP contribution in [0.3, 0.4) is 0 Å². The van der Waals surface area contributed by atoms with Crippen molar-refractivity contribution < 1.29 is 17.9 Å². The fourth-order valence-corrected chi connectivity index (χ4v) is 4.60. The van der Waals surface area contributed by atoms with E-state index in [1.165, 1.54) is 6.07 Å². The van der Waals surface area contributed by atoms with Gasteiger partial charge in [0.2, 0.25) is 0 Å². The third-order valence-corrected chi connectivity index (χ3v) is 6.53. The summed E-state index contributed by atoms with van der Waals surface area (Å²) in [7, 11) is 0. The quantitative estimate of drug-likeness (QED) is 0.221. The van der Waals surface area contributed by atoms with Crippen molar-refractivity contribution in [3.8, 4) is 17.0 Å². The Hall–Kier alpha value is -3.48. The normalized spacial score (nSPS) is 11.7. The van der Waals surface area contributed by atoms with Crippen LogP contribution in [0.4, 0.5) is 13.2 Å². The number of halogens is 5. The van der Waals surface area contributed by atoms with Crippen molar-refractivity contribution in [1.82, 2.24) is 9.78 Å². The molecule has 1 aromatic heterocycles. The van der Waals surface area contributed by atoms with Crippen molar-refractivity contribution in [2.75, 3.05) is 0 Å². The molecule has 0 amide bonds. The summed E-state index contributed by atoms with van der Waals surface area (Å²) in [5.74, 6) is 0.573. The number of ether oxygens (including phenoxy) is 1. The molecule has 0 bridgehead atoms. The number of aromatic nitrogens is 2. The minimum atomic E-state index is -4.51. The highest BCUT2D eigenvalue weighted by atomic mass is 35.5. The summed E-state index contributed by atoms with van der Waals surface area (Å²) < 4.78 is 48.7. The average molecular weight is 527 g/mol. The lowest BCUT2D eigenvalue weighted by molar-refractivity contribution is -0.136. The van der Waals surface area contributed by atoms with Gasteiger partial charge in [0.05, 0.1) is 17.8 Å². The molecule has 0 N–H and O–H groups in total. The van der Waals surface area contributed by atoms with Crippen LogP contribution in [0, 0.1) is 0 Å². The van der Waals surface area contributed by atoms with Crippen LogP contribution >= 0.6 is 23.2 Å². The molecule has 8 heteroatoms. The molecular weight excluding hydrogens is 508 g/mol. The highest BCUT2D eigenvalue weighted by Crippen LogP contribution is 2.38. The zero-order valence-corrected chi connectivity index (χ0v) is 20.3. The van der Waals surface area contributed by atoms with Gasteiger partial charge in [-0.25, -0.2) is 0 Å². The fourth-order valence-electron chi connectivity index (χ4n) is 4.09. The van der Waals surface area contributed by atoms with E-state index in [9.17, 15) is 13.2 Å². The number of rotatable bonds is 6. The molecule has 182 valence electrons. The molecule has 5 aromatic rings. The molecule has 0 fully saturated rings. The van der Waals surface area contributed by atoms with Gasteiger partial charge in [0.1, 0.15) is 17.9 Å². The monoisotopic (exact) mass is 526 g/mol. The summed E-state index contributed by atoms with van der Waals surface area (Å²) in [6.45, 7) is 0.507. The second kappa shape index (κ2) is 9.88. The summed E-state index contributed by atoms with van der Waals surface area (Å²) in [5, 5.41) is 5.85. The van der Waals surface area contributed by atoms with Crippen LogP contribution in [0.5, 0.6) is 5.75 Å². The van der Waals surface area contributed by atoms with Crippen molar-refractivity contribution in [2.24, 2.45) is 0 Å². The van der Waals surface area contributed by atoms with Gasteiger partial charge >= 0.3 is 6.18 Å². The van der Waals surface area contributed by atoms with E-state index in [-0.39, 0.29) is 12.1 Å². The van der Waals surface area contributed by atoms with Gasteiger partial charge in [0, 0.05) is 26.6 Å². The largest absolute Gasteiger partial charge is 0.489 e. The van der Waals surface area contributed by atoms with E-state index in [2.05, 4.69) is 5.10 Å². The Balaban J connectivity index is 1.52. The Bertz CT molecular complexity index is 1490. The first kappa shape index (κ1) is 24.2. The molecule has 3 nitrogen and oxygen atoms in total. The first-order valence-corrected chi connectivity index (χ1v) is 11.8. The van der Waals surface area contributed by atoms with Crippen molar-refractivity contribution in [2.45, 2.75) is 19.3 Å². The maximum absolute atomic E-state index is 13.7. The highest BCUT2D eigenvalue weighted by Gasteiger charge is 2.34. The Labute approximate surface area is 215 Å². The fraction of sp³-hybridized carbons (Fsp3) is 0.107.